The second kappa shape index (κ2) is 8.86. The molecule has 142 valence electrons. The molecule has 1 saturated heterocycles. The fourth-order valence-electron chi connectivity index (χ4n) is 3.14. The Morgan fingerprint density at radius 3 is 2.56 bits per heavy atom. The number of anilines is 1. The molecule has 1 aromatic carbocycles. The molecule has 0 aliphatic carbocycles. The molecule has 7 heteroatoms. The molecular weight excluding hydrogens is 364 g/mol. The van der Waals surface area contributed by atoms with Crippen LogP contribution in [0.25, 0.3) is 0 Å². The lowest BCUT2D eigenvalue weighted by Gasteiger charge is -2.37. The molecule has 2 amide bonds. The van der Waals surface area contributed by atoms with E-state index in [2.05, 4.69) is 9.88 Å². The average molecular weight is 387 g/mol. The summed E-state index contributed by atoms with van der Waals surface area (Å²) in [4.78, 5) is 34.3. The summed E-state index contributed by atoms with van der Waals surface area (Å²) in [5, 5.41) is 0.707. The van der Waals surface area contributed by atoms with Gasteiger partial charge in [0.15, 0.2) is 0 Å². The molecule has 0 bridgehead atoms. The molecule has 3 rings (SSSR count). The number of benzene rings is 1. The Labute approximate surface area is 164 Å². The number of pyridine rings is 1. The van der Waals surface area contributed by atoms with Gasteiger partial charge in [-0.3, -0.25) is 14.6 Å². The van der Waals surface area contributed by atoms with E-state index in [9.17, 15) is 9.59 Å². The largest absolute Gasteiger partial charge is 0.368 e. The fourth-order valence-corrected chi connectivity index (χ4v) is 3.33. The van der Waals surface area contributed by atoms with Crippen molar-refractivity contribution in [3.05, 3.63) is 59.4 Å². The van der Waals surface area contributed by atoms with Gasteiger partial charge in [0.05, 0.1) is 0 Å². The van der Waals surface area contributed by atoms with E-state index in [0.717, 1.165) is 24.3 Å². The molecule has 0 radical (unpaired) electrons. The average Bonchev–Trinajstić information content (AvgIpc) is 2.68. The van der Waals surface area contributed by atoms with Gasteiger partial charge >= 0.3 is 0 Å². The van der Waals surface area contributed by atoms with E-state index in [0.29, 0.717) is 24.7 Å². The number of hydrogen-bond donors (Lipinski definition) is 0. The van der Waals surface area contributed by atoms with Crippen molar-refractivity contribution in [1.82, 2.24) is 14.8 Å². The summed E-state index contributed by atoms with van der Waals surface area (Å²) in [5.74, 6) is -0.149. The minimum atomic E-state index is -0.121. The number of amides is 2. The highest BCUT2D eigenvalue weighted by Crippen LogP contribution is 2.20. The highest BCUT2D eigenvalue weighted by atomic mass is 35.5. The monoisotopic (exact) mass is 386 g/mol. The number of halogens is 1. The molecule has 0 atom stereocenters. The summed E-state index contributed by atoms with van der Waals surface area (Å²) >= 11 is 6.06. The van der Waals surface area contributed by atoms with Crippen molar-refractivity contribution in [1.29, 1.82) is 0 Å². The van der Waals surface area contributed by atoms with Gasteiger partial charge in [0.1, 0.15) is 6.54 Å². The molecule has 1 aliphatic rings. The summed E-state index contributed by atoms with van der Waals surface area (Å²) in [7, 11) is 0. The molecule has 1 aromatic heterocycles. The predicted octanol–water partition coefficient (Wildman–Crippen LogP) is 2.43. The Bertz CT molecular complexity index is 792. The van der Waals surface area contributed by atoms with E-state index in [1.165, 1.54) is 6.92 Å². The topological polar surface area (TPSA) is 56.8 Å². The minimum Gasteiger partial charge on any atom is -0.368 e. The molecule has 6 nitrogen and oxygen atoms in total. The smallest absolute Gasteiger partial charge is 0.242 e. The molecule has 2 heterocycles. The number of carbonyl (C=O) groups is 2. The molecule has 1 fully saturated rings. The number of hydrogen-bond acceptors (Lipinski definition) is 4. The second-order valence-corrected chi connectivity index (χ2v) is 7.02. The van der Waals surface area contributed by atoms with Gasteiger partial charge in [0.25, 0.3) is 0 Å². The van der Waals surface area contributed by atoms with Crippen molar-refractivity contribution >= 4 is 29.1 Å². The van der Waals surface area contributed by atoms with Crippen molar-refractivity contribution < 1.29 is 9.59 Å². The Balaban J connectivity index is 1.55. The van der Waals surface area contributed by atoms with Crippen LogP contribution in [-0.2, 0) is 16.1 Å². The van der Waals surface area contributed by atoms with Crippen LogP contribution in [0.4, 0.5) is 5.69 Å². The van der Waals surface area contributed by atoms with Gasteiger partial charge in [-0.2, -0.15) is 0 Å². The predicted molar refractivity (Wildman–Crippen MR) is 106 cm³/mol. The molecule has 1 aliphatic heterocycles. The van der Waals surface area contributed by atoms with Crippen LogP contribution in [0.3, 0.4) is 0 Å². The van der Waals surface area contributed by atoms with Gasteiger partial charge in [0, 0.05) is 62.8 Å². The van der Waals surface area contributed by atoms with Gasteiger partial charge < -0.3 is 14.7 Å². The summed E-state index contributed by atoms with van der Waals surface area (Å²) in [6.45, 7) is 4.71. The molecule has 0 saturated carbocycles. The molecule has 0 spiro atoms. The van der Waals surface area contributed by atoms with Crippen LogP contribution in [-0.4, -0.2) is 59.3 Å². The number of nitrogens with zero attached hydrogens (tertiary/aromatic N) is 4. The maximum Gasteiger partial charge on any atom is 0.242 e. The Hall–Kier alpha value is -2.60. The number of piperazine rings is 1. The normalized spacial score (nSPS) is 14.1. The minimum absolute atomic E-state index is 0.0279. The summed E-state index contributed by atoms with van der Waals surface area (Å²) in [5.41, 5.74) is 1.97. The van der Waals surface area contributed by atoms with Gasteiger partial charge in [-0.1, -0.05) is 23.7 Å². The standard InChI is InChI=1S/C20H23ClN4O2/c1-16(26)25(14-17-4-3-7-22-13-17)15-20(27)24-10-8-23(9-11-24)19-6-2-5-18(21)12-19/h2-7,12-13H,8-11,14-15H2,1H3. The summed E-state index contributed by atoms with van der Waals surface area (Å²) in [6, 6.07) is 11.5. The second-order valence-electron chi connectivity index (χ2n) is 6.58. The maximum atomic E-state index is 12.7. The van der Waals surface area contributed by atoms with E-state index >= 15 is 0 Å². The third-order valence-electron chi connectivity index (χ3n) is 4.67. The summed E-state index contributed by atoms with van der Waals surface area (Å²) < 4.78 is 0. The zero-order valence-electron chi connectivity index (χ0n) is 15.3. The Morgan fingerprint density at radius 2 is 1.93 bits per heavy atom. The maximum absolute atomic E-state index is 12.7. The van der Waals surface area contributed by atoms with Crippen LogP contribution in [0.15, 0.2) is 48.8 Å². The molecule has 0 N–H and O–H groups in total. The first-order valence-electron chi connectivity index (χ1n) is 8.95. The third kappa shape index (κ3) is 5.20. The van der Waals surface area contributed by atoms with Crippen molar-refractivity contribution in [3.63, 3.8) is 0 Å². The lowest BCUT2D eigenvalue weighted by molar-refractivity contribution is -0.140. The van der Waals surface area contributed by atoms with Gasteiger partial charge in [-0.05, 0) is 29.8 Å². The van der Waals surface area contributed by atoms with Gasteiger partial charge in [0.2, 0.25) is 11.8 Å². The molecule has 2 aromatic rings. The fraction of sp³-hybridized carbons (Fsp3) is 0.350. The molecule has 0 unspecified atom stereocenters. The number of rotatable bonds is 5. The highest BCUT2D eigenvalue weighted by molar-refractivity contribution is 6.30. The quantitative estimate of drug-likeness (QED) is 0.792. The lowest BCUT2D eigenvalue weighted by Crippen LogP contribution is -2.51. The molecular formula is C20H23ClN4O2. The zero-order valence-corrected chi connectivity index (χ0v) is 16.1. The van der Waals surface area contributed by atoms with Crippen molar-refractivity contribution in [2.45, 2.75) is 13.5 Å². The van der Waals surface area contributed by atoms with Gasteiger partial charge in [-0.25, -0.2) is 0 Å². The van der Waals surface area contributed by atoms with E-state index < -0.39 is 0 Å². The van der Waals surface area contributed by atoms with Crippen LogP contribution in [0, 0.1) is 0 Å². The number of carbonyl (C=O) groups excluding carboxylic acids is 2. The van der Waals surface area contributed by atoms with E-state index in [-0.39, 0.29) is 18.4 Å². The van der Waals surface area contributed by atoms with Crippen LogP contribution < -0.4 is 4.90 Å². The van der Waals surface area contributed by atoms with Crippen LogP contribution in [0.2, 0.25) is 5.02 Å². The van der Waals surface area contributed by atoms with Crippen molar-refractivity contribution in [2.75, 3.05) is 37.6 Å². The highest BCUT2D eigenvalue weighted by Gasteiger charge is 2.24. The summed E-state index contributed by atoms with van der Waals surface area (Å²) in [6.07, 6.45) is 3.40. The van der Waals surface area contributed by atoms with E-state index in [4.69, 9.17) is 11.6 Å². The van der Waals surface area contributed by atoms with E-state index in [1.54, 1.807) is 17.3 Å². The zero-order chi connectivity index (χ0) is 19.2. The SMILES string of the molecule is CC(=O)N(CC(=O)N1CCN(c2cccc(Cl)c2)CC1)Cc1cccnc1. The molecule has 27 heavy (non-hydrogen) atoms. The first-order chi connectivity index (χ1) is 13.0. The van der Waals surface area contributed by atoms with Crippen molar-refractivity contribution in [2.24, 2.45) is 0 Å². The third-order valence-corrected chi connectivity index (χ3v) is 4.91. The first kappa shape index (κ1) is 19.2. The van der Waals surface area contributed by atoms with Gasteiger partial charge in [-0.15, -0.1) is 0 Å². The van der Waals surface area contributed by atoms with Crippen molar-refractivity contribution in [3.8, 4) is 0 Å². The lowest BCUT2D eigenvalue weighted by atomic mass is 10.2. The first-order valence-corrected chi connectivity index (χ1v) is 9.33. The number of aromatic nitrogens is 1. The Morgan fingerprint density at radius 1 is 1.15 bits per heavy atom. The van der Waals surface area contributed by atoms with Crippen LogP contribution >= 0.6 is 11.6 Å². The Kier molecular flexibility index (Phi) is 6.29. The van der Waals surface area contributed by atoms with E-state index in [1.807, 2.05) is 41.3 Å². The van der Waals surface area contributed by atoms with Crippen LogP contribution in [0.1, 0.15) is 12.5 Å². The van der Waals surface area contributed by atoms with Crippen LogP contribution in [0.5, 0.6) is 0 Å².